The van der Waals surface area contributed by atoms with Gasteiger partial charge in [0.2, 0.25) is 0 Å². The number of carbonyl (C=O) groups excluding carboxylic acids is 2. The number of anilines is 1. The Labute approximate surface area is 189 Å². The Morgan fingerprint density at radius 2 is 1.88 bits per heavy atom. The summed E-state index contributed by atoms with van der Waals surface area (Å²) in [5.74, 6) is -1.88. The Kier molecular flexibility index (Phi) is 6.04. The van der Waals surface area contributed by atoms with Crippen LogP contribution in [0.4, 0.5) is 10.1 Å². The molecular weight excluding hydrogens is 437 g/mol. The molecule has 2 aliphatic heterocycles. The van der Waals surface area contributed by atoms with Gasteiger partial charge >= 0.3 is 11.9 Å². The number of nitrogens with one attached hydrogen (secondary N) is 1. The van der Waals surface area contributed by atoms with Crippen molar-refractivity contribution in [3.05, 3.63) is 88.2 Å². The van der Waals surface area contributed by atoms with Crippen molar-refractivity contribution < 1.29 is 28.2 Å². The van der Waals surface area contributed by atoms with Gasteiger partial charge in [0.1, 0.15) is 17.5 Å². The molecule has 0 saturated carbocycles. The van der Waals surface area contributed by atoms with Crippen molar-refractivity contribution in [3.8, 4) is 0 Å². The van der Waals surface area contributed by atoms with Crippen LogP contribution in [0, 0.1) is 5.82 Å². The van der Waals surface area contributed by atoms with Crippen LogP contribution in [-0.2, 0) is 30.2 Å². The van der Waals surface area contributed by atoms with E-state index in [9.17, 15) is 14.0 Å². The average Bonchev–Trinajstić information content (AvgIpc) is 3.36. The van der Waals surface area contributed by atoms with Crippen LogP contribution in [0.15, 0.2) is 71.8 Å². The van der Waals surface area contributed by atoms with Gasteiger partial charge in [0.15, 0.2) is 0 Å². The van der Waals surface area contributed by atoms with E-state index in [0.29, 0.717) is 12.1 Å². The Hall–Kier alpha value is -3.16. The third-order valence-electron chi connectivity index (χ3n) is 5.58. The van der Waals surface area contributed by atoms with Crippen molar-refractivity contribution in [3.63, 3.8) is 0 Å². The minimum Gasteiger partial charge on any atom is -0.466 e. The predicted octanol–water partition coefficient (Wildman–Crippen LogP) is 3.85. The second-order valence-corrected chi connectivity index (χ2v) is 7.94. The highest BCUT2D eigenvalue weighted by molar-refractivity contribution is 6.30. The van der Waals surface area contributed by atoms with Crippen LogP contribution in [0.3, 0.4) is 0 Å². The zero-order chi connectivity index (χ0) is 22.9. The van der Waals surface area contributed by atoms with Crippen LogP contribution in [0.25, 0.3) is 0 Å². The molecule has 3 unspecified atom stereocenters. The number of carbonyl (C=O) groups is 2. The number of fused-ring (bicyclic) bond motifs is 2. The first kappa shape index (κ1) is 22.0. The van der Waals surface area contributed by atoms with Gasteiger partial charge in [-0.2, -0.15) is 0 Å². The smallest absolute Gasteiger partial charge is 0.337 e. The topological polar surface area (TPSA) is 73.9 Å². The third-order valence-corrected chi connectivity index (χ3v) is 5.80. The largest absolute Gasteiger partial charge is 0.466 e. The molecule has 2 aromatic carbocycles. The minimum atomic E-state index is -1.34. The van der Waals surface area contributed by atoms with E-state index in [1.807, 2.05) is 30.3 Å². The van der Waals surface area contributed by atoms with Gasteiger partial charge in [0.05, 0.1) is 31.4 Å². The molecule has 3 atom stereocenters. The Morgan fingerprint density at radius 1 is 1.16 bits per heavy atom. The summed E-state index contributed by atoms with van der Waals surface area (Å²) in [5, 5.41) is 3.48. The van der Waals surface area contributed by atoms with Gasteiger partial charge in [-0.25, -0.2) is 14.0 Å². The summed E-state index contributed by atoms with van der Waals surface area (Å²) in [7, 11) is 2.47. The molecule has 6 nitrogen and oxygen atoms in total. The van der Waals surface area contributed by atoms with E-state index in [-0.39, 0.29) is 16.2 Å². The van der Waals surface area contributed by atoms with Crippen molar-refractivity contribution >= 4 is 29.2 Å². The maximum atomic E-state index is 14.0. The summed E-state index contributed by atoms with van der Waals surface area (Å²) >= 11 is 6.05. The maximum Gasteiger partial charge on any atom is 0.337 e. The highest BCUT2D eigenvalue weighted by Gasteiger charge is 2.58. The SMILES string of the molecule is COC(=O)C1=C(C(=O)OC)C2(C(Cc3ccccc3)Nc3cc(F)cc(Cl)c3)C=CC1O2. The van der Waals surface area contributed by atoms with Gasteiger partial charge in [-0.15, -0.1) is 0 Å². The van der Waals surface area contributed by atoms with Gasteiger partial charge in [0, 0.05) is 10.7 Å². The van der Waals surface area contributed by atoms with E-state index in [1.54, 1.807) is 18.2 Å². The number of ether oxygens (including phenoxy) is 3. The molecule has 2 aliphatic rings. The van der Waals surface area contributed by atoms with E-state index in [0.717, 1.165) is 5.56 Å². The highest BCUT2D eigenvalue weighted by atomic mass is 35.5. The molecule has 2 heterocycles. The maximum absolute atomic E-state index is 14.0. The number of methoxy groups -OCH3 is 2. The lowest BCUT2D eigenvalue weighted by molar-refractivity contribution is -0.139. The van der Waals surface area contributed by atoms with Crippen LogP contribution < -0.4 is 5.32 Å². The normalized spacial score (nSPS) is 22.1. The van der Waals surface area contributed by atoms with Crippen LogP contribution in [0.2, 0.25) is 5.02 Å². The molecule has 4 rings (SSSR count). The van der Waals surface area contributed by atoms with Crippen LogP contribution in [0.5, 0.6) is 0 Å². The molecule has 32 heavy (non-hydrogen) atoms. The first-order chi connectivity index (χ1) is 15.4. The molecule has 166 valence electrons. The molecule has 0 spiro atoms. The molecule has 0 aromatic heterocycles. The van der Waals surface area contributed by atoms with Crippen LogP contribution in [-0.4, -0.2) is 43.9 Å². The van der Waals surface area contributed by atoms with Gasteiger partial charge in [0.25, 0.3) is 0 Å². The molecule has 0 aliphatic carbocycles. The summed E-state index contributed by atoms with van der Waals surface area (Å²) in [6, 6.07) is 13.0. The van der Waals surface area contributed by atoms with Gasteiger partial charge < -0.3 is 19.5 Å². The molecule has 1 N–H and O–H groups in total. The second kappa shape index (κ2) is 8.76. The molecule has 8 heteroatoms. The second-order valence-electron chi connectivity index (χ2n) is 7.51. The summed E-state index contributed by atoms with van der Waals surface area (Å²) in [4.78, 5) is 25.4. The van der Waals surface area contributed by atoms with E-state index >= 15 is 0 Å². The number of rotatable bonds is 7. The van der Waals surface area contributed by atoms with E-state index in [2.05, 4.69) is 5.32 Å². The summed E-state index contributed by atoms with van der Waals surface area (Å²) in [5.41, 5.74) is 0.171. The number of hydrogen-bond donors (Lipinski definition) is 1. The van der Waals surface area contributed by atoms with Crippen LogP contribution >= 0.6 is 11.6 Å². The Morgan fingerprint density at radius 3 is 2.53 bits per heavy atom. The fourth-order valence-corrected chi connectivity index (χ4v) is 4.46. The first-order valence-corrected chi connectivity index (χ1v) is 10.3. The molecule has 0 fully saturated rings. The van der Waals surface area contributed by atoms with Gasteiger partial charge in [-0.1, -0.05) is 48.0 Å². The Balaban J connectivity index is 1.83. The zero-order valence-corrected chi connectivity index (χ0v) is 18.2. The lowest BCUT2D eigenvalue weighted by Crippen LogP contribution is -2.49. The zero-order valence-electron chi connectivity index (χ0n) is 17.4. The van der Waals surface area contributed by atoms with Gasteiger partial charge in [-0.3, -0.25) is 0 Å². The minimum absolute atomic E-state index is 0.0651. The Bertz CT molecular complexity index is 1100. The standard InChI is InChI=1S/C24H21ClFNO5/c1-30-22(28)20-18-8-9-24(32-18,21(20)23(29)31-2)19(10-14-6-4-3-5-7-14)27-17-12-15(25)11-16(26)13-17/h3-9,11-13,18-19,27H,10H2,1-2H3. The number of halogens is 2. The van der Waals surface area contributed by atoms with Crippen molar-refractivity contribution in [1.29, 1.82) is 0 Å². The quantitative estimate of drug-likeness (QED) is 0.503. The molecular formula is C24H21ClFNO5. The van der Waals surface area contributed by atoms with E-state index in [4.69, 9.17) is 25.8 Å². The van der Waals surface area contributed by atoms with E-state index < -0.39 is 35.5 Å². The summed E-state index contributed by atoms with van der Waals surface area (Å²) in [6.07, 6.45) is 3.07. The molecule has 0 radical (unpaired) electrons. The number of hydrogen-bond acceptors (Lipinski definition) is 6. The molecule has 0 saturated heterocycles. The van der Waals surface area contributed by atoms with E-state index in [1.165, 1.54) is 26.4 Å². The fraction of sp³-hybridized carbons (Fsp3) is 0.250. The monoisotopic (exact) mass is 457 g/mol. The molecule has 2 aromatic rings. The highest BCUT2D eigenvalue weighted by Crippen LogP contribution is 2.47. The van der Waals surface area contributed by atoms with Crippen LogP contribution in [0.1, 0.15) is 5.56 Å². The lowest BCUT2D eigenvalue weighted by atomic mass is 9.79. The van der Waals surface area contributed by atoms with Crippen molar-refractivity contribution in [1.82, 2.24) is 0 Å². The molecule has 2 bridgehead atoms. The summed E-state index contributed by atoms with van der Waals surface area (Å²) in [6.45, 7) is 0. The van der Waals surface area contributed by atoms with Gasteiger partial charge in [-0.05, 0) is 36.3 Å². The number of benzene rings is 2. The average molecular weight is 458 g/mol. The van der Waals surface area contributed by atoms with Crippen molar-refractivity contribution in [2.24, 2.45) is 0 Å². The van der Waals surface area contributed by atoms with Crippen molar-refractivity contribution in [2.75, 3.05) is 19.5 Å². The first-order valence-electron chi connectivity index (χ1n) is 9.93. The predicted molar refractivity (Wildman–Crippen MR) is 117 cm³/mol. The van der Waals surface area contributed by atoms with Crippen molar-refractivity contribution in [2.45, 2.75) is 24.2 Å². The number of esters is 2. The fourth-order valence-electron chi connectivity index (χ4n) is 4.24. The summed E-state index contributed by atoms with van der Waals surface area (Å²) < 4.78 is 30.1. The lowest BCUT2D eigenvalue weighted by Gasteiger charge is -2.36. The third kappa shape index (κ3) is 3.89. The molecule has 0 amide bonds.